The van der Waals surface area contributed by atoms with Crippen LogP contribution < -0.4 is 5.32 Å². The van der Waals surface area contributed by atoms with Gasteiger partial charge >= 0.3 is 0 Å². The van der Waals surface area contributed by atoms with Gasteiger partial charge in [-0.05, 0) is 48.2 Å². The molecule has 3 aromatic carbocycles. The number of aromatic hydroxyl groups is 1. The molecular formula is C21H19NO2. The Labute approximate surface area is 141 Å². The van der Waals surface area contributed by atoms with Crippen LogP contribution in [0, 0.1) is 6.92 Å². The van der Waals surface area contributed by atoms with Crippen LogP contribution in [0.2, 0.25) is 0 Å². The van der Waals surface area contributed by atoms with Gasteiger partial charge in [0.05, 0.1) is 5.69 Å². The van der Waals surface area contributed by atoms with E-state index in [1.165, 1.54) is 0 Å². The third-order valence-corrected chi connectivity index (χ3v) is 3.90. The molecule has 0 heterocycles. The molecule has 0 spiro atoms. The molecule has 3 aromatic rings. The van der Waals surface area contributed by atoms with Crippen molar-refractivity contribution < 1.29 is 9.90 Å². The Kier molecular flexibility index (Phi) is 4.62. The molecule has 0 aliphatic rings. The summed E-state index contributed by atoms with van der Waals surface area (Å²) in [5.74, 6) is -0.149. The Morgan fingerprint density at radius 3 is 2.42 bits per heavy atom. The van der Waals surface area contributed by atoms with Gasteiger partial charge in [-0.2, -0.15) is 0 Å². The fourth-order valence-corrected chi connectivity index (χ4v) is 2.65. The van der Waals surface area contributed by atoms with Gasteiger partial charge in [0.1, 0.15) is 5.75 Å². The van der Waals surface area contributed by atoms with Crippen molar-refractivity contribution in [1.29, 1.82) is 0 Å². The molecule has 120 valence electrons. The number of nitrogens with one attached hydrogen (secondary N) is 1. The van der Waals surface area contributed by atoms with E-state index in [-0.39, 0.29) is 11.7 Å². The van der Waals surface area contributed by atoms with E-state index in [0.717, 1.165) is 16.7 Å². The number of aryl methyl sites for hydroxylation is 1. The van der Waals surface area contributed by atoms with Gasteiger partial charge in [-0.3, -0.25) is 4.79 Å². The third-order valence-electron chi connectivity index (χ3n) is 3.90. The van der Waals surface area contributed by atoms with Crippen molar-refractivity contribution in [2.24, 2.45) is 0 Å². The summed E-state index contributed by atoms with van der Waals surface area (Å²) in [6, 6.07) is 22.8. The number of hydrogen-bond acceptors (Lipinski definition) is 2. The molecule has 3 nitrogen and oxygen atoms in total. The molecular weight excluding hydrogens is 298 g/mol. The van der Waals surface area contributed by atoms with Gasteiger partial charge in [0.2, 0.25) is 0 Å². The van der Waals surface area contributed by atoms with Crippen molar-refractivity contribution in [3.05, 3.63) is 95.1 Å². The Morgan fingerprint density at radius 2 is 1.67 bits per heavy atom. The molecule has 2 N–H and O–H groups in total. The summed E-state index contributed by atoms with van der Waals surface area (Å²) in [6.45, 7) is 1.89. The van der Waals surface area contributed by atoms with Crippen LogP contribution in [0.5, 0.6) is 5.75 Å². The van der Waals surface area contributed by atoms with Gasteiger partial charge < -0.3 is 10.4 Å². The highest BCUT2D eigenvalue weighted by Crippen LogP contribution is 2.25. The molecule has 3 rings (SSSR count). The standard InChI is InChI=1S/C21H19NO2/c1-15-11-12-19(20(23)13-15)22-21(24)18-10-6-5-9-17(18)14-16-7-3-2-4-8-16/h2-13,23H,14H2,1H3,(H,22,24). The van der Waals surface area contributed by atoms with Crippen LogP contribution in [0.15, 0.2) is 72.8 Å². The molecule has 0 radical (unpaired) electrons. The minimum Gasteiger partial charge on any atom is -0.506 e. The highest BCUT2D eigenvalue weighted by molar-refractivity contribution is 6.06. The van der Waals surface area contributed by atoms with E-state index in [4.69, 9.17) is 0 Å². The van der Waals surface area contributed by atoms with E-state index in [9.17, 15) is 9.90 Å². The second kappa shape index (κ2) is 7.01. The first-order chi connectivity index (χ1) is 11.6. The van der Waals surface area contributed by atoms with E-state index in [1.807, 2.05) is 61.5 Å². The zero-order chi connectivity index (χ0) is 16.9. The minimum absolute atomic E-state index is 0.0730. The number of anilines is 1. The van der Waals surface area contributed by atoms with Crippen LogP contribution in [-0.2, 0) is 6.42 Å². The summed E-state index contributed by atoms with van der Waals surface area (Å²) in [5.41, 5.74) is 4.07. The molecule has 0 atom stereocenters. The fourth-order valence-electron chi connectivity index (χ4n) is 2.65. The fraction of sp³-hybridized carbons (Fsp3) is 0.0952. The SMILES string of the molecule is Cc1ccc(NC(=O)c2ccccc2Cc2ccccc2)c(O)c1. The van der Waals surface area contributed by atoms with Crippen LogP contribution >= 0.6 is 0 Å². The van der Waals surface area contributed by atoms with Gasteiger partial charge in [0.15, 0.2) is 0 Å². The highest BCUT2D eigenvalue weighted by atomic mass is 16.3. The molecule has 1 amide bonds. The number of amides is 1. The van der Waals surface area contributed by atoms with Crippen molar-refractivity contribution in [2.75, 3.05) is 5.32 Å². The number of carbonyl (C=O) groups excluding carboxylic acids is 1. The van der Waals surface area contributed by atoms with Crippen molar-refractivity contribution in [2.45, 2.75) is 13.3 Å². The van der Waals surface area contributed by atoms with E-state index < -0.39 is 0 Å². The lowest BCUT2D eigenvalue weighted by Gasteiger charge is -2.11. The van der Waals surface area contributed by atoms with Crippen molar-refractivity contribution >= 4 is 11.6 Å². The van der Waals surface area contributed by atoms with Crippen molar-refractivity contribution in [3.8, 4) is 5.75 Å². The summed E-state index contributed by atoms with van der Waals surface area (Å²) in [7, 11) is 0. The van der Waals surface area contributed by atoms with Crippen LogP contribution in [0.3, 0.4) is 0 Å². The number of phenols is 1. The molecule has 0 bridgehead atoms. The van der Waals surface area contributed by atoms with E-state index >= 15 is 0 Å². The smallest absolute Gasteiger partial charge is 0.256 e. The van der Waals surface area contributed by atoms with Gasteiger partial charge in [-0.25, -0.2) is 0 Å². The second-order valence-electron chi connectivity index (χ2n) is 5.79. The first-order valence-electron chi connectivity index (χ1n) is 7.86. The van der Waals surface area contributed by atoms with Crippen LogP contribution in [0.4, 0.5) is 5.69 Å². The summed E-state index contributed by atoms with van der Waals surface area (Å²) < 4.78 is 0. The lowest BCUT2D eigenvalue weighted by Crippen LogP contribution is -2.14. The molecule has 0 saturated heterocycles. The summed E-state index contributed by atoms with van der Waals surface area (Å²) in [4.78, 5) is 12.6. The lowest BCUT2D eigenvalue weighted by atomic mass is 9.99. The molecule has 0 fully saturated rings. The van der Waals surface area contributed by atoms with Gasteiger partial charge in [-0.15, -0.1) is 0 Å². The number of phenolic OH excluding ortho intramolecular Hbond substituents is 1. The lowest BCUT2D eigenvalue weighted by molar-refractivity contribution is 0.102. The number of carbonyl (C=O) groups is 1. The molecule has 3 heteroatoms. The predicted molar refractivity (Wildman–Crippen MR) is 96.5 cm³/mol. The first-order valence-corrected chi connectivity index (χ1v) is 7.86. The average molecular weight is 317 g/mol. The van der Waals surface area contributed by atoms with Crippen LogP contribution in [0.1, 0.15) is 27.0 Å². The number of benzene rings is 3. The maximum Gasteiger partial charge on any atom is 0.256 e. The van der Waals surface area contributed by atoms with Gasteiger partial charge in [0.25, 0.3) is 5.91 Å². The first kappa shape index (κ1) is 15.8. The van der Waals surface area contributed by atoms with Crippen LogP contribution in [-0.4, -0.2) is 11.0 Å². The van der Waals surface area contributed by atoms with E-state index in [0.29, 0.717) is 17.7 Å². The summed E-state index contributed by atoms with van der Waals surface area (Å²) in [6.07, 6.45) is 0.685. The molecule has 24 heavy (non-hydrogen) atoms. The summed E-state index contributed by atoms with van der Waals surface area (Å²) in [5, 5.41) is 12.8. The normalized spacial score (nSPS) is 10.4. The largest absolute Gasteiger partial charge is 0.506 e. The number of rotatable bonds is 4. The Hall–Kier alpha value is -3.07. The Balaban J connectivity index is 1.85. The zero-order valence-electron chi connectivity index (χ0n) is 13.5. The van der Waals surface area contributed by atoms with E-state index in [1.54, 1.807) is 18.2 Å². The zero-order valence-corrected chi connectivity index (χ0v) is 13.5. The molecule has 0 saturated carbocycles. The molecule has 0 aliphatic carbocycles. The van der Waals surface area contributed by atoms with Crippen LogP contribution in [0.25, 0.3) is 0 Å². The monoisotopic (exact) mass is 317 g/mol. The van der Waals surface area contributed by atoms with Gasteiger partial charge in [0, 0.05) is 5.56 Å². The Morgan fingerprint density at radius 1 is 0.958 bits per heavy atom. The van der Waals surface area contributed by atoms with E-state index in [2.05, 4.69) is 5.32 Å². The highest BCUT2D eigenvalue weighted by Gasteiger charge is 2.13. The quantitative estimate of drug-likeness (QED) is 0.694. The minimum atomic E-state index is -0.222. The maximum atomic E-state index is 12.6. The second-order valence-corrected chi connectivity index (χ2v) is 5.79. The summed E-state index contributed by atoms with van der Waals surface area (Å²) >= 11 is 0. The molecule has 0 unspecified atom stereocenters. The number of hydrogen-bond donors (Lipinski definition) is 2. The third kappa shape index (κ3) is 3.63. The maximum absolute atomic E-state index is 12.6. The Bertz CT molecular complexity index is 857. The predicted octanol–water partition coefficient (Wildman–Crippen LogP) is 4.54. The molecule has 0 aliphatic heterocycles. The van der Waals surface area contributed by atoms with Gasteiger partial charge in [-0.1, -0.05) is 54.6 Å². The average Bonchev–Trinajstić information content (AvgIpc) is 2.59. The van der Waals surface area contributed by atoms with Crippen molar-refractivity contribution in [1.82, 2.24) is 0 Å². The van der Waals surface area contributed by atoms with Crippen molar-refractivity contribution in [3.63, 3.8) is 0 Å². The molecule has 0 aromatic heterocycles. The topological polar surface area (TPSA) is 49.3 Å².